The van der Waals surface area contributed by atoms with Crippen LogP contribution >= 0.6 is 0 Å². The molecule has 20 heavy (non-hydrogen) atoms. The Balaban J connectivity index is 2.37. The van der Waals surface area contributed by atoms with E-state index in [0.29, 0.717) is 12.0 Å². The van der Waals surface area contributed by atoms with Crippen LogP contribution in [0.15, 0.2) is 36.5 Å². The summed E-state index contributed by atoms with van der Waals surface area (Å²) in [6, 6.07) is 9.69. The van der Waals surface area contributed by atoms with E-state index in [0.717, 1.165) is 5.56 Å². The second-order valence-electron chi connectivity index (χ2n) is 4.01. The predicted octanol–water partition coefficient (Wildman–Crippen LogP) is 3.22. The van der Waals surface area contributed by atoms with Gasteiger partial charge in [0, 0.05) is 18.3 Å². The van der Waals surface area contributed by atoms with Crippen LogP contribution in [0.2, 0.25) is 0 Å². The summed E-state index contributed by atoms with van der Waals surface area (Å²) in [5.74, 6) is 0.256. The molecular weight excluding hydrogens is 258 g/mol. The van der Waals surface area contributed by atoms with Gasteiger partial charge in [-0.15, -0.1) is 0 Å². The smallest absolute Gasteiger partial charge is 0.311 e. The number of benzene rings is 1. The van der Waals surface area contributed by atoms with Crippen molar-refractivity contribution in [2.24, 2.45) is 0 Å². The van der Waals surface area contributed by atoms with Gasteiger partial charge < -0.3 is 4.74 Å². The van der Waals surface area contributed by atoms with Crippen molar-refractivity contribution in [3.05, 3.63) is 57.8 Å². The monoisotopic (exact) mass is 269 g/mol. The first-order chi connectivity index (χ1) is 9.63. The van der Waals surface area contributed by atoms with Crippen molar-refractivity contribution < 1.29 is 9.66 Å². The number of aryl methyl sites for hydroxylation is 1. The molecule has 0 radical (unpaired) electrons. The van der Waals surface area contributed by atoms with Gasteiger partial charge in [0.15, 0.2) is 0 Å². The summed E-state index contributed by atoms with van der Waals surface area (Å²) in [5, 5.41) is 19.9. The van der Waals surface area contributed by atoms with Gasteiger partial charge in [-0.2, -0.15) is 5.26 Å². The molecule has 0 atom stereocenters. The number of nitrogens with zero attached hydrogens (tertiary/aromatic N) is 3. The number of hydrogen-bond acceptors (Lipinski definition) is 5. The molecule has 1 heterocycles. The number of nitro benzene ring substituents is 1. The van der Waals surface area contributed by atoms with Gasteiger partial charge in [-0.25, -0.2) is 4.98 Å². The fourth-order valence-electron chi connectivity index (χ4n) is 1.66. The molecule has 0 saturated carbocycles. The van der Waals surface area contributed by atoms with Crippen LogP contribution in [0.3, 0.4) is 0 Å². The molecule has 2 aromatic rings. The second kappa shape index (κ2) is 5.80. The van der Waals surface area contributed by atoms with Crippen molar-refractivity contribution in [3.63, 3.8) is 0 Å². The minimum Gasteiger partial charge on any atom is -0.432 e. The molecule has 0 amide bonds. The van der Waals surface area contributed by atoms with E-state index in [2.05, 4.69) is 4.98 Å². The highest BCUT2D eigenvalue weighted by atomic mass is 16.6. The Morgan fingerprint density at radius 1 is 1.40 bits per heavy atom. The number of nitro groups is 1. The van der Waals surface area contributed by atoms with Crippen LogP contribution in [0, 0.1) is 21.4 Å². The van der Waals surface area contributed by atoms with E-state index in [9.17, 15) is 10.1 Å². The molecule has 0 aliphatic heterocycles. The largest absolute Gasteiger partial charge is 0.432 e. The number of aromatic nitrogens is 1. The number of pyridine rings is 1. The average Bonchev–Trinajstić information content (AvgIpc) is 2.47. The predicted molar refractivity (Wildman–Crippen MR) is 71.5 cm³/mol. The molecular formula is C14H11N3O3. The molecule has 0 aliphatic rings. The molecule has 0 saturated heterocycles. The highest BCUT2D eigenvalue weighted by molar-refractivity contribution is 5.50. The van der Waals surface area contributed by atoms with E-state index >= 15 is 0 Å². The van der Waals surface area contributed by atoms with E-state index in [1.165, 1.54) is 30.5 Å². The quantitative estimate of drug-likeness (QED) is 0.628. The van der Waals surface area contributed by atoms with Crippen molar-refractivity contribution in [2.75, 3.05) is 0 Å². The van der Waals surface area contributed by atoms with Crippen LogP contribution in [-0.2, 0) is 6.42 Å². The molecule has 0 aliphatic carbocycles. The summed E-state index contributed by atoms with van der Waals surface area (Å²) in [6.45, 7) is 1.91. The van der Waals surface area contributed by atoms with Gasteiger partial charge in [-0.1, -0.05) is 13.0 Å². The van der Waals surface area contributed by atoms with Crippen molar-refractivity contribution in [2.45, 2.75) is 13.3 Å². The zero-order chi connectivity index (χ0) is 14.5. The maximum absolute atomic E-state index is 11.1. The molecule has 2 rings (SSSR count). The zero-order valence-electron chi connectivity index (χ0n) is 10.7. The zero-order valence-corrected chi connectivity index (χ0v) is 10.7. The van der Waals surface area contributed by atoms with Gasteiger partial charge in [-0.3, -0.25) is 10.1 Å². The molecule has 0 unspecified atom stereocenters. The van der Waals surface area contributed by atoms with Crippen LogP contribution in [0.25, 0.3) is 0 Å². The van der Waals surface area contributed by atoms with Gasteiger partial charge in [0.05, 0.1) is 16.6 Å². The minimum absolute atomic E-state index is 0.106. The molecule has 1 aromatic carbocycles. The highest BCUT2D eigenvalue weighted by Crippen LogP contribution is 2.31. The average molecular weight is 269 g/mol. The molecule has 0 bridgehead atoms. The first kappa shape index (κ1) is 13.5. The minimum atomic E-state index is -0.497. The molecule has 100 valence electrons. The van der Waals surface area contributed by atoms with Gasteiger partial charge in [-0.05, 0) is 24.1 Å². The van der Waals surface area contributed by atoms with Gasteiger partial charge in [0.25, 0.3) is 0 Å². The third-order valence-electron chi connectivity index (χ3n) is 2.71. The molecule has 0 N–H and O–H groups in total. The summed E-state index contributed by atoms with van der Waals surface area (Å²) in [6.07, 6.45) is 2.11. The Bertz CT molecular complexity index is 692. The van der Waals surface area contributed by atoms with E-state index in [-0.39, 0.29) is 17.3 Å². The molecule has 0 spiro atoms. The fourth-order valence-corrected chi connectivity index (χ4v) is 1.66. The lowest BCUT2D eigenvalue weighted by molar-refractivity contribution is -0.385. The van der Waals surface area contributed by atoms with Crippen LogP contribution in [0.1, 0.15) is 18.1 Å². The number of rotatable bonds is 4. The SMILES string of the molecule is CCc1ccc(Oc2cc(C#N)ccn2)c([N+](=O)[O-])c1. The third-order valence-corrected chi connectivity index (χ3v) is 2.71. The van der Waals surface area contributed by atoms with E-state index in [1.807, 2.05) is 13.0 Å². The van der Waals surface area contributed by atoms with Gasteiger partial charge >= 0.3 is 5.69 Å². The van der Waals surface area contributed by atoms with Crippen molar-refractivity contribution in [1.29, 1.82) is 5.26 Å². The van der Waals surface area contributed by atoms with E-state index < -0.39 is 4.92 Å². The topological polar surface area (TPSA) is 89.0 Å². The van der Waals surface area contributed by atoms with Gasteiger partial charge in [0.2, 0.25) is 11.6 Å². The maximum Gasteiger partial charge on any atom is 0.311 e. The van der Waals surface area contributed by atoms with Crippen molar-refractivity contribution in [3.8, 4) is 17.7 Å². The van der Waals surface area contributed by atoms with Crippen LogP contribution in [0.5, 0.6) is 11.6 Å². The standard InChI is InChI=1S/C14H11N3O3/c1-2-10-3-4-13(12(7-10)17(18)19)20-14-8-11(9-15)5-6-16-14/h3-8H,2H2,1H3. The molecule has 6 heteroatoms. The molecule has 0 fully saturated rings. The summed E-state index contributed by atoms with van der Waals surface area (Å²) < 4.78 is 5.41. The Hall–Kier alpha value is -2.94. The lowest BCUT2D eigenvalue weighted by Crippen LogP contribution is -1.96. The van der Waals surface area contributed by atoms with Crippen molar-refractivity contribution in [1.82, 2.24) is 4.98 Å². The maximum atomic E-state index is 11.1. The second-order valence-corrected chi connectivity index (χ2v) is 4.01. The molecule has 6 nitrogen and oxygen atoms in total. The lowest BCUT2D eigenvalue weighted by Gasteiger charge is -2.06. The summed E-state index contributed by atoms with van der Waals surface area (Å²) >= 11 is 0. The first-order valence-electron chi connectivity index (χ1n) is 5.95. The molecule has 1 aromatic heterocycles. The Morgan fingerprint density at radius 3 is 2.85 bits per heavy atom. The first-order valence-corrected chi connectivity index (χ1v) is 5.95. The van der Waals surface area contributed by atoms with E-state index in [1.54, 1.807) is 6.07 Å². The summed E-state index contributed by atoms with van der Waals surface area (Å²) in [5.41, 5.74) is 1.11. The number of hydrogen-bond donors (Lipinski definition) is 0. The Kier molecular flexibility index (Phi) is 3.91. The van der Waals surface area contributed by atoms with Crippen LogP contribution in [-0.4, -0.2) is 9.91 Å². The number of nitriles is 1. The number of ether oxygens (including phenoxy) is 1. The lowest BCUT2D eigenvalue weighted by atomic mass is 10.1. The van der Waals surface area contributed by atoms with Gasteiger partial charge in [0.1, 0.15) is 0 Å². The van der Waals surface area contributed by atoms with Crippen molar-refractivity contribution >= 4 is 5.69 Å². The van der Waals surface area contributed by atoms with E-state index in [4.69, 9.17) is 10.00 Å². The Labute approximate surface area is 115 Å². The fraction of sp³-hybridized carbons (Fsp3) is 0.143. The summed E-state index contributed by atoms with van der Waals surface area (Å²) in [4.78, 5) is 14.5. The summed E-state index contributed by atoms with van der Waals surface area (Å²) in [7, 11) is 0. The van der Waals surface area contributed by atoms with Crippen LogP contribution in [0.4, 0.5) is 5.69 Å². The normalized spacial score (nSPS) is 9.80. The highest BCUT2D eigenvalue weighted by Gasteiger charge is 2.17. The van der Waals surface area contributed by atoms with Crippen LogP contribution < -0.4 is 4.74 Å². The third kappa shape index (κ3) is 2.90. The Morgan fingerprint density at radius 2 is 2.20 bits per heavy atom.